The molecule has 2 heterocycles. The molecule has 0 fully saturated rings. The van der Waals surface area contributed by atoms with Crippen LogP contribution in [0, 0.1) is 6.92 Å². The fourth-order valence-electron chi connectivity index (χ4n) is 3.89. The minimum Gasteiger partial charge on any atom is -0.310 e. The Bertz CT molecular complexity index is 1400. The quantitative estimate of drug-likeness (QED) is 0.395. The number of benzene rings is 3. The van der Waals surface area contributed by atoms with Gasteiger partial charge in [0.05, 0.1) is 11.1 Å². The van der Waals surface area contributed by atoms with E-state index in [1.54, 1.807) is 6.92 Å². The van der Waals surface area contributed by atoms with Crippen molar-refractivity contribution in [2.24, 2.45) is 0 Å². The number of aromatic nitrogens is 3. The lowest BCUT2D eigenvalue weighted by molar-refractivity contribution is 1.02. The van der Waals surface area contributed by atoms with Crippen LogP contribution in [0.5, 0.6) is 0 Å². The summed E-state index contributed by atoms with van der Waals surface area (Å²) in [5.74, 6) is 0.569. The molecule has 4 nitrogen and oxygen atoms in total. The molecule has 0 amide bonds. The van der Waals surface area contributed by atoms with Crippen LogP contribution in [0.3, 0.4) is 0 Å². The first-order chi connectivity index (χ1) is 14.6. The van der Waals surface area contributed by atoms with Crippen molar-refractivity contribution in [2.75, 3.05) is 0 Å². The molecule has 0 atom stereocenters. The van der Waals surface area contributed by atoms with Gasteiger partial charge in [0.2, 0.25) is 0 Å². The van der Waals surface area contributed by atoms with Crippen LogP contribution in [0.1, 0.15) is 5.82 Å². The Morgan fingerprint density at radius 3 is 2.07 bits per heavy atom. The van der Waals surface area contributed by atoms with E-state index < -0.39 is 0 Å². The molecule has 3 aromatic carbocycles. The zero-order valence-corrected chi connectivity index (χ0v) is 17.0. The second-order valence-corrected chi connectivity index (χ2v) is 7.55. The number of nitrogens with one attached hydrogen (secondary N) is 1. The van der Waals surface area contributed by atoms with Crippen molar-refractivity contribution < 1.29 is 0 Å². The lowest BCUT2D eigenvalue weighted by atomic mass is 9.99. The second-order valence-electron chi connectivity index (χ2n) is 7.12. The summed E-state index contributed by atoms with van der Waals surface area (Å²) in [4.78, 5) is 20.8. The lowest BCUT2D eigenvalue weighted by Crippen LogP contribution is -2.10. The summed E-state index contributed by atoms with van der Waals surface area (Å²) in [6.07, 6.45) is 0. The number of hydrogen-bond acceptors (Lipinski definition) is 2. The van der Waals surface area contributed by atoms with Gasteiger partial charge in [0.15, 0.2) is 5.65 Å². The summed E-state index contributed by atoms with van der Waals surface area (Å²) >= 11 is 6.15. The molecular formula is C25H18ClN3O. The average Bonchev–Trinajstić information content (AvgIpc) is 3.11. The molecule has 5 rings (SSSR count). The monoisotopic (exact) mass is 411 g/mol. The topological polar surface area (TPSA) is 50.7 Å². The van der Waals surface area contributed by atoms with E-state index in [1.807, 2.05) is 89.5 Å². The standard InChI is InChI=1S/C25H18ClN3O/c1-16-27-24-22(25(30)28-16)21(17-8-4-2-5-9-17)23(18-10-6-3-7-11-18)29(24)20-14-12-19(26)13-15-20/h2-15H,1H3,(H,27,28,30). The molecule has 0 radical (unpaired) electrons. The first-order valence-electron chi connectivity index (χ1n) is 9.65. The first kappa shape index (κ1) is 18.4. The van der Waals surface area contributed by atoms with Gasteiger partial charge in [0, 0.05) is 16.3 Å². The van der Waals surface area contributed by atoms with Crippen LogP contribution in [0.4, 0.5) is 0 Å². The Kier molecular flexibility index (Phi) is 4.49. The van der Waals surface area contributed by atoms with Crippen molar-refractivity contribution in [3.63, 3.8) is 0 Å². The van der Waals surface area contributed by atoms with Gasteiger partial charge in [-0.15, -0.1) is 0 Å². The Morgan fingerprint density at radius 2 is 1.43 bits per heavy atom. The van der Waals surface area contributed by atoms with Crippen molar-refractivity contribution in [1.29, 1.82) is 0 Å². The number of fused-ring (bicyclic) bond motifs is 1. The predicted molar refractivity (Wildman–Crippen MR) is 122 cm³/mol. The van der Waals surface area contributed by atoms with Gasteiger partial charge in [0.1, 0.15) is 5.82 Å². The summed E-state index contributed by atoms with van der Waals surface area (Å²) in [7, 11) is 0. The Balaban J connectivity index is 2.02. The van der Waals surface area contributed by atoms with Crippen LogP contribution >= 0.6 is 11.6 Å². The Labute approximate surface area is 178 Å². The minimum absolute atomic E-state index is 0.152. The zero-order chi connectivity index (χ0) is 20.7. The molecule has 5 aromatic rings. The van der Waals surface area contributed by atoms with Gasteiger partial charge in [-0.05, 0) is 42.3 Å². The fraction of sp³-hybridized carbons (Fsp3) is 0.0400. The summed E-state index contributed by atoms with van der Waals surface area (Å²) in [5.41, 5.74) is 5.11. The van der Waals surface area contributed by atoms with Crippen molar-refractivity contribution in [2.45, 2.75) is 6.92 Å². The molecule has 146 valence electrons. The average molecular weight is 412 g/mol. The molecule has 0 aliphatic heterocycles. The third-order valence-electron chi connectivity index (χ3n) is 5.14. The first-order valence-corrected chi connectivity index (χ1v) is 10.0. The summed E-state index contributed by atoms with van der Waals surface area (Å²) in [5, 5.41) is 1.22. The number of hydrogen-bond donors (Lipinski definition) is 1. The third-order valence-corrected chi connectivity index (χ3v) is 5.39. The molecule has 5 heteroatoms. The maximum atomic E-state index is 13.1. The lowest BCUT2D eigenvalue weighted by Gasteiger charge is -2.13. The van der Waals surface area contributed by atoms with Crippen LogP contribution < -0.4 is 5.56 Å². The van der Waals surface area contributed by atoms with E-state index in [4.69, 9.17) is 16.6 Å². The summed E-state index contributed by atoms with van der Waals surface area (Å²) < 4.78 is 2.05. The molecule has 30 heavy (non-hydrogen) atoms. The van der Waals surface area contributed by atoms with Crippen LogP contribution in [0.25, 0.3) is 39.1 Å². The summed E-state index contributed by atoms with van der Waals surface area (Å²) in [6.45, 7) is 1.80. The van der Waals surface area contributed by atoms with Gasteiger partial charge in [-0.3, -0.25) is 9.36 Å². The van der Waals surface area contributed by atoms with Crippen molar-refractivity contribution in [3.05, 3.63) is 106 Å². The molecule has 0 bridgehead atoms. The maximum absolute atomic E-state index is 13.1. The second kappa shape index (κ2) is 7.32. The molecule has 0 aliphatic rings. The van der Waals surface area contributed by atoms with Gasteiger partial charge in [-0.25, -0.2) is 4.98 Å². The minimum atomic E-state index is -0.152. The van der Waals surface area contributed by atoms with Crippen LogP contribution in [0.2, 0.25) is 5.02 Å². The molecule has 0 unspecified atom stereocenters. The fourth-order valence-corrected chi connectivity index (χ4v) is 4.02. The molecule has 0 saturated carbocycles. The largest absolute Gasteiger partial charge is 0.310 e. The summed E-state index contributed by atoms with van der Waals surface area (Å²) in [6, 6.07) is 27.6. The van der Waals surface area contributed by atoms with E-state index in [0.29, 0.717) is 21.9 Å². The Hall–Kier alpha value is -3.63. The molecule has 0 saturated heterocycles. The number of nitrogens with zero attached hydrogens (tertiary/aromatic N) is 2. The van der Waals surface area contributed by atoms with E-state index >= 15 is 0 Å². The van der Waals surface area contributed by atoms with Crippen LogP contribution in [-0.2, 0) is 0 Å². The number of aryl methyl sites for hydroxylation is 1. The highest BCUT2D eigenvalue weighted by atomic mass is 35.5. The number of aromatic amines is 1. The highest BCUT2D eigenvalue weighted by molar-refractivity contribution is 6.30. The van der Waals surface area contributed by atoms with Gasteiger partial charge in [-0.2, -0.15) is 0 Å². The van der Waals surface area contributed by atoms with Crippen LogP contribution in [-0.4, -0.2) is 14.5 Å². The zero-order valence-electron chi connectivity index (χ0n) is 16.3. The maximum Gasteiger partial charge on any atom is 0.261 e. The normalized spacial score (nSPS) is 11.1. The van der Waals surface area contributed by atoms with Gasteiger partial charge in [-0.1, -0.05) is 72.3 Å². The highest BCUT2D eigenvalue weighted by Gasteiger charge is 2.24. The third kappa shape index (κ3) is 3.02. The number of halogens is 1. The predicted octanol–water partition coefficient (Wildman–Crippen LogP) is 6.01. The van der Waals surface area contributed by atoms with Crippen molar-refractivity contribution in [1.82, 2.24) is 14.5 Å². The van der Waals surface area contributed by atoms with Crippen LogP contribution in [0.15, 0.2) is 89.7 Å². The Morgan fingerprint density at radius 1 is 0.833 bits per heavy atom. The van der Waals surface area contributed by atoms with Crippen molar-refractivity contribution >= 4 is 22.6 Å². The van der Waals surface area contributed by atoms with E-state index in [9.17, 15) is 4.79 Å². The molecule has 0 spiro atoms. The van der Waals surface area contributed by atoms with E-state index in [0.717, 1.165) is 28.1 Å². The number of rotatable bonds is 3. The van der Waals surface area contributed by atoms with Gasteiger partial charge >= 0.3 is 0 Å². The molecule has 0 aliphatic carbocycles. The van der Waals surface area contributed by atoms with E-state index in [1.165, 1.54) is 0 Å². The van der Waals surface area contributed by atoms with E-state index in [2.05, 4.69) is 4.98 Å². The highest BCUT2D eigenvalue weighted by Crippen LogP contribution is 2.40. The van der Waals surface area contributed by atoms with Crippen molar-refractivity contribution in [3.8, 4) is 28.1 Å². The molecule has 2 aromatic heterocycles. The van der Waals surface area contributed by atoms with Gasteiger partial charge in [0.25, 0.3) is 5.56 Å². The molecular weight excluding hydrogens is 394 g/mol. The van der Waals surface area contributed by atoms with E-state index in [-0.39, 0.29) is 5.56 Å². The smallest absolute Gasteiger partial charge is 0.261 e. The molecule has 1 N–H and O–H groups in total. The SMILES string of the molecule is Cc1nc2c(c(-c3ccccc3)c(-c3ccccc3)n2-c2ccc(Cl)cc2)c(=O)[nH]1. The number of H-pyrrole nitrogens is 1. The van der Waals surface area contributed by atoms with Gasteiger partial charge < -0.3 is 4.98 Å².